The van der Waals surface area contributed by atoms with Gasteiger partial charge in [-0.2, -0.15) is 0 Å². The van der Waals surface area contributed by atoms with Crippen LogP contribution in [0.2, 0.25) is 0 Å². The van der Waals surface area contributed by atoms with Gasteiger partial charge in [0.25, 0.3) is 0 Å². The van der Waals surface area contributed by atoms with Crippen molar-refractivity contribution < 1.29 is 4.52 Å². The van der Waals surface area contributed by atoms with E-state index in [0.717, 1.165) is 17.4 Å². The molecule has 1 N–H and O–H groups in total. The molecule has 5 heteroatoms. The first kappa shape index (κ1) is 14.8. The van der Waals surface area contributed by atoms with Crippen molar-refractivity contribution in [3.63, 3.8) is 0 Å². The first-order chi connectivity index (χ1) is 8.83. The number of aromatic nitrogens is 1. The maximum atomic E-state index is 5.46. The van der Waals surface area contributed by atoms with Crippen LogP contribution in [0.5, 0.6) is 0 Å². The molecular weight excluding hydrogens is 262 g/mol. The minimum atomic E-state index is 0. The molecule has 2 fully saturated rings. The average Bonchev–Trinajstić information content (AvgIpc) is 2.99. The Kier molecular flexibility index (Phi) is 5.25. The van der Waals surface area contributed by atoms with Gasteiger partial charge in [-0.15, -0.1) is 12.4 Å². The van der Waals surface area contributed by atoms with Gasteiger partial charge in [0.05, 0.1) is 11.7 Å². The number of rotatable bonds is 3. The molecule has 3 heterocycles. The van der Waals surface area contributed by atoms with E-state index >= 15 is 0 Å². The summed E-state index contributed by atoms with van der Waals surface area (Å²) >= 11 is 0. The Balaban J connectivity index is 0.00000133. The van der Waals surface area contributed by atoms with Gasteiger partial charge in [-0.05, 0) is 58.2 Å². The van der Waals surface area contributed by atoms with Crippen LogP contribution in [-0.2, 0) is 0 Å². The van der Waals surface area contributed by atoms with Crippen molar-refractivity contribution in [2.24, 2.45) is 5.92 Å². The molecule has 2 aliphatic rings. The number of hydrogen-bond donors (Lipinski definition) is 1. The highest BCUT2D eigenvalue weighted by Gasteiger charge is 2.30. The molecule has 1 aromatic heterocycles. The van der Waals surface area contributed by atoms with Crippen LogP contribution >= 0.6 is 12.4 Å². The van der Waals surface area contributed by atoms with Crippen LogP contribution in [0.1, 0.15) is 43.2 Å². The maximum Gasteiger partial charge on any atom is 0.154 e. The Morgan fingerprint density at radius 3 is 2.84 bits per heavy atom. The number of aryl methyl sites for hydroxylation is 1. The van der Waals surface area contributed by atoms with Crippen LogP contribution in [-0.4, -0.2) is 36.2 Å². The molecule has 108 valence electrons. The van der Waals surface area contributed by atoms with E-state index in [1.807, 2.05) is 6.92 Å². The summed E-state index contributed by atoms with van der Waals surface area (Å²) in [5.74, 6) is 1.93. The number of hydrogen-bond acceptors (Lipinski definition) is 4. The second-order valence-electron chi connectivity index (χ2n) is 5.72. The fourth-order valence-electron chi connectivity index (χ4n) is 3.30. The van der Waals surface area contributed by atoms with Crippen LogP contribution in [0.15, 0.2) is 10.6 Å². The standard InChI is InChI=1S/C14H23N3O.ClH/c1-11-9-14(18-16-11)13-3-2-8-17(13)10-12-4-6-15-7-5-12;/h9,12-13,15H,2-8,10H2,1H3;1H. The van der Waals surface area contributed by atoms with Crippen molar-refractivity contribution in [1.82, 2.24) is 15.4 Å². The van der Waals surface area contributed by atoms with Gasteiger partial charge in [0.2, 0.25) is 0 Å². The molecule has 0 spiro atoms. The van der Waals surface area contributed by atoms with Crippen LogP contribution in [0.25, 0.3) is 0 Å². The van der Waals surface area contributed by atoms with E-state index in [1.54, 1.807) is 0 Å². The smallest absolute Gasteiger partial charge is 0.154 e. The molecule has 0 amide bonds. The molecule has 0 aliphatic carbocycles. The number of nitrogens with one attached hydrogen (secondary N) is 1. The summed E-state index contributed by atoms with van der Waals surface area (Å²) in [4.78, 5) is 2.61. The van der Waals surface area contributed by atoms with Gasteiger partial charge in [-0.3, -0.25) is 4.90 Å². The molecule has 0 saturated carbocycles. The first-order valence-corrected chi connectivity index (χ1v) is 7.21. The average molecular weight is 286 g/mol. The fourth-order valence-corrected chi connectivity index (χ4v) is 3.30. The second-order valence-corrected chi connectivity index (χ2v) is 5.72. The van der Waals surface area contributed by atoms with E-state index < -0.39 is 0 Å². The zero-order chi connectivity index (χ0) is 12.4. The summed E-state index contributed by atoms with van der Waals surface area (Å²) in [5.41, 5.74) is 0.999. The summed E-state index contributed by atoms with van der Waals surface area (Å²) in [6.45, 7) is 6.81. The van der Waals surface area contributed by atoms with Crippen LogP contribution in [0, 0.1) is 12.8 Å². The lowest BCUT2D eigenvalue weighted by molar-refractivity contribution is 0.169. The van der Waals surface area contributed by atoms with Gasteiger partial charge < -0.3 is 9.84 Å². The molecule has 19 heavy (non-hydrogen) atoms. The van der Waals surface area contributed by atoms with Gasteiger partial charge in [0, 0.05) is 12.6 Å². The van der Waals surface area contributed by atoms with Gasteiger partial charge in [0.1, 0.15) is 0 Å². The predicted octanol–water partition coefficient (Wildman–Crippen LogP) is 2.54. The lowest BCUT2D eigenvalue weighted by Gasteiger charge is -2.30. The summed E-state index contributed by atoms with van der Waals surface area (Å²) in [5, 5.41) is 7.47. The van der Waals surface area contributed by atoms with Crippen LogP contribution in [0.4, 0.5) is 0 Å². The molecule has 0 radical (unpaired) electrons. The molecular formula is C14H24ClN3O. The maximum absolute atomic E-state index is 5.46. The highest BCUT2D eigenvalue weighted by molar-refractivity contribution is 5.85. The molecule has 2 saturated heterocycles. The van der Waals surface area contributed by atoms with E-state index in [-0.39, 0.29) is 12.4 Å². The van der Waals surface area contributed by atoms with Crippen LogP contribution < -0.4 is 5.32 Å². The largest absolute Gasteiger partial charge is 0.359 e. The van der Waals surface area contributed by atoms with Gasteiger partial charge in [-0.1, -0.05) is 5.16 Å². The molecule has 4 nitrogen and oxygen atoms in total. The predicted molar refractivity (Wildman–Crippen MR) is 77.6 cm³/mol. The van der Waals surface area contributed by atoms with Crippen molar-refractivity contribution in [2.75, 3.05) is 26.2 Å². The highest BCUT2D eigenvalue weighted by atomic mass is 35.5. The zero-order valence-electron chi connectivity index (χ0n) is 11.6. The first-order valence-electron chi connectivity index (χ1n) is 7.21. The molecule has 0 bridgehead atoms. The van der Waals surface area contributed by atoms with Crippen molar-refractivity contribution in [3.8, 4) is 0 Å². The highest BCUT2D eigenvalue weighted by Crippen LogP contribution is 2.33. The van der Waals surface area contributed by atoms with E-state index in [0.29, 0.717) is 6.04 Å². The van der Waals surface area contributed by atoms with Gasteiger partial charge in [0.15, 0.2) is 5.76 Å². The fraction of sp³-hybridized carbons (Fsp3) is 0.786. The third kappa shape index (κ3) is 3.50. The van der Waals surface area contributed by atoms with Crippen molar-refractivity contribution in [1.29, 1.82) is 0 Å². The van der Waals surface area contributed by atoms with Crippen molar-refractivity contribution in [2.45, 2.75) is 38.6 Å². The van der Waals surface area contributed by atoms with Crippen LogP contribution in [0.3, 0.4) is 0 Å². The summed E-state index contributed by atoms with van der Waals surface area (Å²) in [6, 6.07) is 2.58. The molecule has 2 aliphatic heterocycles. The molecule has 3 rings (SSSR count). The van der Waals surface area contributed by atoms with E-state index in [2.05, 4.69) is 21.4 Å². The Hall–Kier alpha value is -0.580. The molecule has 0 aromatic carbocycles. The Morgan fingerprint density at radius 2 is 2.16 bits per heavy atom. The summed E-state index contributed by atoms with van der Waals surface area (Å²) in [6.07, 6.45) is 5.15. The Morgan fingerprint density at radius 1 is 1.37 bits per heavy atom. The monoisotopic (exact) mass is 285 g/mol. The quantitative estimate of drug-likeness (QED) is 0.927. The van der Waals surface area contributed by atoms with Gasteiger partial charge in [-0.25, -0.2) is 0 Å². The molecule has 1 aromatic rings. The third-order valence-corrected chi connectivity index (χ3v) is 4.29. The SMILES string of the molecule is Cc1cc(C2CCCN2CC2CCNCC2)on1.Cl. The molecule has 1 atom stereocenters. The molecule has 1 unspecified atom stereocenters. The van der Waals surface area contributed by atoms with E-state index in [1.165, 1.54) is 51.9 Å². The lowest BCUT2D eigenvalue weighted by atomic mass is 9.97. The third-order valence-electron chi connectivity index (χ3n) is 4.29. The summed E-state index contributed by atoms with van der Waals surface area (Å²) < 4.78 is 5.46. The Labute approximate surface area is 121 Å². The summed E-state index contributed by atoms with van der Waals surface area (Å²) in [7, 11) is 0. The number of piperidine rings is 1. The minimum absolute atomic E-state index is 0. The van der Waals surface area contributed by atoms with Crippen molar-refractivity contribution in [3.05, 3.63) is 17.5 Å². The second kappa shape index (κ2) is 6.73. The number of likely N-dealkylation sites (tertiary alicyclic amines) is 1. The van der Waals surface area contributed by atoms with E-state index in [4.69, 9.17) is 4.52 Å². The number of halogens is 1. The normalized spacial score (nSPS) is 25.4. The van der Waals surface area contributed by atoms with Crippen molar-refractivity contribution >= 4 is 12.4 Å². The Bertz CT molecular complexity index is 390. The topological polar surface area (TPSA) is 41.3 Å². The zero-order valence-corrected chi connectivity index (χ0v) is 12.4. The number of nitrogens with zero attached hydrogens (tertiary/aromatic N) is 2. The van der Waals surface area contributed by atoms with Gasteiger partial charge >= 0.3 is 0 Å². The minimum Gasteiger partial charge on any atom is -0.359 e. The van der Waals surface area contributed by atoms with E-state index in [9.17, 15) is 0 Å². The lowest BCUT2D eigenvalue weighted by Crippen LogP contribution is -2.35.